The number of ether oxygens (including phenoxy) is 2. The first-order valence-corrected chi connectivity index (χ1v) is 30.6. The van der Waals surface area contributed by atoms with E-state index < -0.39 is 52.8 Å². The lowest BCUT2D eigenvalue weighted by Gasteiger charge is -2.39. The zero-order valence-corrected chi connectivity index (χ0v) is 45.9. The van der Waals surface area contributed by atoms with Crippen LogP contribution in [0.2, 0.25) is 0 Å². The summed E-state index contributed by atoms with van der Waals surface area (Å²) >= 11 is 3.39. The number of anilines is 4. The summed E-state index contributed by atoms with van der Waals surface area (Å²) in [4.78, 5) is 31.2. The molecule has 0 bridgehead atoms. The van der Waals surface area contributed by atoms with Gasteiger partial charge in [0.2, 0.25) is 31.5 Å². The summed E-state index contributed by atoms with van der Waals surface area (Å²) in [7, 11) is -7.13. The van der Waals surface area contributed by atoms with Crippen LogP contribution in [0.15, 0.2) is 131 Å². The van der Waals surface area contributed by atoms with Crippen LogP contribution in [-0.2, 0) is 20.0 Å². The SMILES string of the molecule is O=c1c(OC2CCCC2)c(N2CCC(S(=O)(=O)N(CCBr)c3ccccc3)CC2)cnn1-c1cccc(F)c1.O=c1c(OC2CCCC2)c(N2CCC3(CC2)CCN(c2ccccc2)S3(=O)=O)cnn1-c1cccc(F)c1. The lowest BCUT2D eigenvalue weighted by atomic mass is 9.92. The molecule has 4 aromatic carbocycles. The van der Waals surface area contributed by atoms with E-state index in [1.54, 1.807) is 41.0 Å². The molecule has 0 N–H and O–H groups in total. The summed E-state index contributed by atoms with van der Waals surface area (Å²) in [5, 5.41) is 8.68. The van der Waals surface area contributed by atoms with Crippen LogP contribution < -0.4 is 39.0 Å². The molecule has 11 rings (SSSR count). The van der Waals surface area contributed by atoms with Gasteiger partial charge in [-0.15, -0.1) is 0 Å². The van der Waals surface area contributed by atoms with E-state index in [1.807, 2.05) is 58.3 Å². The third-order valence-electron chi connectivity index (χ3n) is 15.6. The highest BCUT2D eigenvalue weighted by molar-refractivity contribution is 9.09. The van der Waals surface area contributed by atoms with Gasteiger partial charge in [0, 0.05) is 44.6 Å². The van der Waals surface area contributed by atoms with Crippen molar-refractivity contribution in [1.82, 2.24) is 19.6 Å². The third-order valence-corrected chi connectivity index (χ3v) is 21.0. The van der Waals surface area contributed by atoms with Crippen LogP contribution in [-0.4, -0.2) is 103 Å². The third kappa shape index (κ3) is 11.4. The van der Waals surface area contributed by atoms with Crippen LogP contribution in [0.1, 0.15) is 83.5 Å². The van der Waals surface area contributed by atoms with Gasteiger partial charge in [-0.3, -0.25) is 18.2 Å². The number of para-hydroxylation sites is 2. The summed E-state index contributed by atoms with van der Waals surface area (Å²) in [5.41, 5.74) is 2.22. The molecule has 0 radical (unpaired) electrons. The molecule has 0 atom stereocenters. The lowest BCUT2D eigenvalue weighted by molar-refractivity contribution is 0.205. The zero-order chi connectivity index (χ0) is 53.7. The van der Waals surface area contributed by atoms with E-state index in [4.69, 9.17) is 9.47 Å². The summed E-state index contributed by atoms with van der Waals surface area (Å²) in [5.74, 6) is -0.529. The van der Waals surface area contributed by atoms with Crippen molar-refractivity contribution in [3.63, 3.8) is 0 Å². The number of benzene rings is 4. The van der Waals surface area contributed by atoms with Gasteiger partial charge in [0.05, 0.1) is 57.3 Å². The Morgan fingerprint density at radius 3 is 1.55 bits per heavy atom. The van der Waals surface area contributed by atoms with E-state index in [0.29, 0.717) is 111 Å². The molecule has 1 spiro atoms. The molecule has 5 fully saturated rings. The van der Waals surface area contributed by atoms with E-state index in [-0.39, 0.29) is 23.7 Å². The standard InChI is InChI=1S/C28H32BrFN4O4S.C28H31FN4O4S/c29-15-18-33(22-8-2-1-3-9-22)39(36,37)25-13-16-32(17-14-25)26-20-31-34(23-10-6-7-21(30)19-23)28(35)27(26)38-24-11-4-5-12-24;29-21-7-6-10-23(19-21)33-27(34)26(37-24-11-4-5-12-24)25(20-30-33)31-16-13-28(14-17-31)15-18-32(38(28,35)36)22-8-2-1-3-9-22/h1-3,6-10,19-20,24-25H,4-5,11-18H2;1-3,6-10,19-20,24H,4-5,11-18H2. The second-order valence-corrected chi connectivity index (χ2v) is 25.5. The molecular weight excluding hydrogens is 1090 g/mol. The molecule has 0 unspecified atom stereocenters. The number of alkyl halides is 1. The van der Waals surface area contributed by atoms with E-state index >= 15 is 0 Å². The largest absolute Gasteiger partial charge is 0.483 e. The lowest BCUT2D eigenvalue weighted by Crippen LogP contribution is -2.49. The summed E-state index contributed by atoms with van der Waals surface area (Å²) in [6.45, 7) is 2.61. The number of nitrogens with zero attached hydrogens (tertiary/aromatic N) is 8. The maximum absolute atomic E-state index is 13.9. The quantitative estimate of drug-likeness (QED) is 0.0950. The summed E-state index contributed by atoms with van der Waals surface area (Å²) in [6.07, 6.45) is 13.0. The Labute approximate surface area is 456 Å². The molecule has 6 aromatic rings. The Balaban J connectivity index is 0.000000175. The second kappa shape index (κ2) is 23.3. The predicted molar refractivity (Wildman–Crippen MR) is 299 cm³/mol. The van der Waals surface area contributed by atoms with E-state index in [1.165, 1.54) is 45.4 Å². The van der Waals surface area contributed by atoms with Gasteiger partial charge in [-0.2, -0.15) is 19.6 Å². The average Bonchev–Trinajstić information content (AvgIpc) is 4.25. The first kappa shape index (κ1) is 54.1. The molecule has 2 aliphatic carbocycles. The van der Waals surface area contributed by atoms with Gasteiger partial charge in [-0.1, -0.05) is 64.5 Å². The molecule has 77 heavy (non-hydrogen) atoms. The fourth-order valence-electron chi connectivity index (χ4n) is 11.4. The Morgan fingerprint density at radius 1 is 0.610 bits per heavy atom. The van der Waals surface area contributed by atoms with Crippen molar-refractivity contribution in [3.05, 3.63) is 154 Å². The van der Waals surface area contributed by atoms with Gasteiger partial charge < -0.3 is 19.3 Å². The minimum absolute atomic E-state index is 0.0596. The molecule has 408 valence electrons. The van der Waals surface area contributed by atoms with Crippen LogP contribution in [0.4, 0.5) is 31.5 Å². The van der Waals surface area contributed by atoms with Crippen LogP contribution in [0, 0.1) is 11.6 Å². The number of hydrogen-bond donors (Lipinski definition) is 0. The van der Waals surface area contributed by atoms with Gasteiger partial charge in [0.25, 0.3) is 0 Å². The minimum Gasteiger partial charge on any atom is -0.483 e. The molecule has 2 saturated carbocycles. The van der Waals surface area contributed by atoms with Crippen molar-refractivity contribution in [1.29, 1.82) is 0 Å². The molecule has 16 nitrogen and oxygen atoms in total. The van der Waals surface area contributed by atoms with Gasteiger partial charge in [0.1, 0.15) is 23.0 Å². The van der Waals surface area contributed by atoms with Crippen molar-refractivity contribution in [3.8, 4) is 22.9 Å². The predicted octanol–water partition coefficient (Wildman–Crippen LogP) is 9.17. The fraction of sp³-hybridized carbons (Fsp3) is 0.429. The Bertz CT molecular complexity index is 3370. The average molecular weight is 1160 g/mol. The number of aromatic nitrogens is 4. The summed E-state index contributed by atoms with van der Waals surface area (Å²) < 4.78 is 99.5. The molecular formula is C56H63BrF2N8O8S2. The van der Waals surface area contributed by atoms with Crippen LogP contribution in [0.5, 0.6) is 11.5 Å². The summed E-state index contributed by atoms with van der Waals surface area (Å²) in [6, 6.07) is 29.9. The van der Waals surface area contributed by atoms with Crippen LogP contribution >= 0.6 is 15.9 Å². The van der Waals surface area contributed by atoms with E-state index in [2.05, 4.69) is 26.1 Å². The normalized spacial score (nSPS) is 18.8. The molecule has 5 heterocycles. The van der Waals surface area contributed by atoms with Crippen LogP contribution in [0.3, 0.4) is 0 Å². The van der Waals surface area contributed by atoms with Crippen molar-refractivity contribution in [2.24, 2.45) is 0 Å². The van der Waals surface area contributed by atoms with Gasteiger partial charge in [-0.25, -0.2) is 25.6 Å². The molecule has 21 heteroatoms. The molecule has 2 aromatic heterocycles. The maximum Gasteiger partial charge on any atom is 0.316 e. The highest BCUT2D eigenvalue weighted by atomic mass is 79.9. The van der Waals surface area contributed by atoms with Crippen molar-refractivity contribution in [2.75, 3.05) is 63.0 Å². The zero-order valence-electron chi connectivity index (χ0n) is 42.7. The van der Waals surface area contributed by atoms with Crippen molar-refractivity contribution >= 4 is 58.7 Å². The molecule has 5 aliphatic rings. The highest BCUT2D eigenvalue weighted by Gasteiger charge is 2.54. The highest BCUT2D eigenvalue weighted by Crippen LogP contribution is 2.45. The van der Waals surface area contributed by atoms with Crippen molar-refractivity contribution < 1.29 is 35.1 Å². The maximum atomic E-state index is 13.9. The number of sulfonamides is 2. The first-order valence-electron chi connectivity index (χ1n) is 26.6. The molecule has 3 aliphatic heterocycles. The smallest absolute Gasteiger partial charge is 0.316 e. The van der Waals surface area contributed by atoms with Gasteiger partial charge in [-0.05, 0) is 144 Å². The van der Waals surface area contributed by atoms with E-state index in [0.717, 1.165) is 56.0 Å². The Morgan fingerprint density at radius 2 is 1.06 bits per heavy atom. The monoisotopic (exact) mass is 1160 g/mol. The number of hydrogen-bond acceptors (Lipinski definition) is 12. The van der Waals surface area contributed by atoms with Gasteiger partial charge in [0.15, 0.2) is 0 Å². The topological polar surface area (TPSA) is 169 Å². The first-order chi connectivity index (χ1) is 37.3. The Kier molecular flexibility index (Phi) is 16.4. The minimum atomic E-state index is -3.60. The van der Waals surface area contributed by atoms with Gasteiger partial charge >= 0.3 is 11.1 Å². The fourth-order valence-corrected chi connectivity index (χ4v) is 16.2. The second-order valence-electron chi connectivity index (χ2n) is 20.3. The Hall–Kier alpha value is -6.32. The van der Waals surface area contributed by atoms with Crippen LogP contribution in [0.25, 0.3) is 11.4 Å². The number of piperidine rings is 2. The molecule has 3 saturated heterocycles. The van der Waals surface area contributed by atoms with Crippen molar-refractivity contribution in [2.45, 2.75) is 106 Å². The van der Waals surface area contributed by atoms with E-state index in [9.17, 15) is 35.2 Å². The molecule has 0 amide bonds. The number of halogens is 3. The number of rotatable bonds is 14.